The average molecular weight is 348 g/mol. The molecule has 0 aromatic heterocycles. The van der Waals surface area contributed by atoms with Crippen LogP contribution in [0.1, 0.15) is 47.8 Å². The number of hydrogen-bond donors (Lipinski definition) is 1. The Morgan fingerprint density at radius 1 is 1.19 bits per heavy atom. The summed E-state index contributed by atoms with van der Waals surface area (Å²) in [6.45, 7) is 8.32. The van der Waals surface area contributed by atoms with Crippen molar-refractivity contribution in [1.29, 1.82) is 0 Å². The number of carboxylic acids is 1. The number of allylic oxidation sites excluding steroid dienone is 1. The van der Waals surface area contributed by atoms with E-state index in [1.54, 1.807) is 25.3 Å². The number of carbonyl (C=O) groups is 1. The lowest BCUT2D eigenvalue weighted by Crippen LogP contribution is -2.42. The summed E-state index contributed by atoms with van der Waals surface area (Å²) >= 11 is 0. The van der Waals surface area contributed by atoms with Crippen LogP contribution in [0.2, 0.25) is 0 Å². The molecule has 0 atom stereocenters. The summed E-state index contributed by atoms with van der Waals surface area (Å²) in [7, 11) is 2.11. The smallest absolute Gasteiger partial charge is 0.336 e. The van der Waals surface area contributed by atoms with Crippen LogP contribution < -0.4 is 4.90 Å². The van der Waals surface area contributed by atoms with Crippen LogP contribution >= 0.6 is 0 Å². The molecule has 1 heterocycles. The van der Waals surface area contributed by atoms with Crippen LogP contribution in [-0.2, 0) is 0 Å². The number of nitrogens with zero attached hydrogens (tertiary/aromatic N) is 2. The summed E-state index contributed by atoms with van der Waals surface area (Å²) in [5, 5.41) is 9.24. The Hall–Kier alpha value is -2.88. The standard InChI is InChI=1S/C22H24N2O2/c1-14-12-22(3,4)24(5)20-10-9-16(11-18(14)20)13-23-19-8-6-7-17(15(19)2)21(25)26/h6-13H,1-5H3,(H,25,26). The van der Waals surface area contributed by atoms with Crippen molar-refractivity contribution < 1.29 is 9.90 Å². The summed E-state index contributed by atoms with van der Waals surface area (Å²) in [5.41, 5.74) is 6.27. The molecule has 0 fully saturated rings. The molecule has 0 bridgehead atoms. The second kappa shape index (κ2) is 6.45. The Bertz CT molecular complexity index is 939. The number of benzene rings is 2. The molecular formula is C22H24N2O2. The Morgan fingerprint density at radius 3 is 2.62 bits per heavy atom. The lowest BCUT2D eigenvalue weighted by atomic mass is 9.89. The van der Waals surface area contributed by atoms with E-state index in [-0.39, 0.29) is 11.1 Å². The zero-order chi connectivity index (χ0) is 19.1. The molecule has 0 amide bonds. The van der Waals surface area contributed by atoms with E-state index in [0.29, 0.717) is 11.3 Å². The van der Waals surface area contributed by atoms with Gasteiger partial charge in [0, 0.05) is 24.5 Å². The van der Waals surface area contributed by atoms with E-state index in [4.69, 9.17) is 0 Å². The molecule has 26 heavy (non-hydrogen) atoms. The molecule has 0 saturated carbocycles. The fraction of sp³-hybridized carbons (Fsp3) is 0.273. The first-order valence-electron chi connectivity index (χ1n) is 8.65. The van der Waals surface area contributed by atoms with E-state index in [2.05, 4.69) is 55.9 Å². The molecule has 134 valence electrons. The van der Waals surface area contributed by atoms with Crippen LogP contribution in [0.3, 0.4) is 0 Å². The van der Waals surface area contributed by atoms with Gasteiger partial charge in [-0.15, -0.1) is 0 Å². The zero-order valence-corrected chi connectivity index (χ0v) is 15.9. The average Bonchev–Trinajstić information content (AvgIpc) is 2.58. The Kier molecular flexibility index (Phi) is 4.45. The third kappa shape index (κ3) is 3.15. The lowest BCUT2D eigenvalue weighted by Gasteiger charge is -2.40. The molecule has 4 heteroatoms. The molecule has 1 aliphatic heterocycles. The zero-order valence-electron chi connectivity index (χ0n) is 15.9. The SMILES string of the molecule is CC1=CC(C)(C)N(C)c2ccc(C=Nc3cccc(C(=O)O)c3C)cc21. The van der Waals surface area contributed by atoms with E-state index in [1.165, 1.54) is 16.8 Å². The van der Waals surface area contributed by atoms with Gasteiger partial charge in [-0.25, -0.2) is 4.79 Å². The maximum absolute atomic E-state index is 11.3. The van der Waals surface area contributed by atoms with E-state index < -0.39 is 5.97 Å². The van der Waals surface area contributed by atoms with Crippen molar-refractivity contribution in [3.8, 4) is 0 Å². The van der Waals surface area contributed by atoms with E-state index in [1.807, 2.05) is 12.1 Å². The molecule has 2 aromatic carbocycles. The first-order chi connectivity index (χ1) is 12.2. The molecule has 4 nitrogen and oxygen atoms in total. The number of aromatic carboxylic acids is 1. The van der Waals surface area contributed by atoms with Crippen LogP contribution in [0.15, 0.2) is 47.5 Å². The second-order valence-corrected chi connectivity index (χ2v) is 7.33. The summed E-state index contributed by atoms with van der Waals surface area (Å²) in [4.78, 5) is 18.1. The van der Waals surface area contributed by atoms with Gasteiger partial charge in [-0.1, -0.05) is 18.2 Å². The van der Waals surface area contributed by atoms with Gasteiger partial charge in [0.1, 0.15) is 0 Å². The summed E-state index contributed by atoms with van der Waals surface area (Å²) in [6.07, 6.45) is 4.07. The van der Waals surface area contributed by atoms with Gasteiger partial charge < -0.3 is 10.0 Å². The van der Waals surface area contributed by atoms with Crippen LogP contribution in [0.5, 0.6) is 0 Å². The first kappa shape index (κ1) is 17.9. The van der Waals surface area contributed by atoms with Crippen molar-refractivity contribution in [3.05, 3.63) is 64.7 Å². The summed E-state index contributed by atoms with van der Waals surface area (Å²) < 4.78 is 0. The number of fused-ring (bicyclic) bond motifs is 1. The highest BCUT2D eigenvalue weighted by atomic mass is 16.4. The first-order valence-corrected chi connectivity index (χ1v) is 8.65. The summed E-state index contributed by atoms with van der Waals surface area (Å²) in [5.74, 6) is -0.931. The van der Waals surface area contributed by atoms with Gasteiger partial charge in [0.15, 0.2) is 0 Å². The van der Waals surface area contributed by atoms with Crippen LogP contribution in [0.4, 0.5) is 11.4 Å². The van der Waals surface area contributed by atoms with Crippen molar-refractivity contribution >= 4 is 29.1 Å². The van der Waals surface area contributed by atoms with Gasteiger partial charge >= 0.3 is 5.97 Å². The van der Waals surface area contributed by atoms with Crippen molar-refractivity contribution in [2.24, 2.45) is 4.99 Å². The van der Waals surface area contributed by atoms with Crippen LogP contribution in [-0.4, -0.2) is 29.9 Å². The monoisotopic (exact) mass is 348 g/mol. The topological polar surface area (TPSA) is 52.9 Å². The molecule has 2 aromatic rings. The molecule has 3 rings (SSSR count). The van der Waals surface area contributed by atoms with E-state index >= 15 is 0 Å². The Labute approximate surface area is 154 Å². The maximum Gasteiger partial charge on any atom is 0.336 e. The molecule has 0 radical (unpaired) electrons. The highest BCUT2D eigenvalue weighted by molar-refractivity contribution is 5.92. The van der Waals surface area contributed by atoms with Gasteiger partial charge in [-0.05, 0) is 68.7 Å². The predicted molar refractivity (Wildman–Crippen MR) is 108 cm³/mol. The number of hydrogen-bond acceptors (Lipinski definition) is 3. The van der Waals surface area contributed by atoms with Crippen LogP contribution in [0, 0.1) is 6.92 Å². The minimum absolute atomic E-state index is 0.0128. The molecule has 1 N–H and O–H groups in total. The number of carboxylic acid groups (broad SMARTS) is 1. The van der Waals surface area contributed by atoms with E-state index in [9.17, 15) is 9.90 Å². The van der Waals surface area contributed by atoms with Gasteiger partial charge in [0.05, 0.1) is 16.8 Å². The predicted octanol–water partition coefficient (Wildman–Crippen LogP) is 5.08. The third-order valence-electron chi connectivity index (χ3n) is 5.13. The fourth-order valence-corrected chi connectivity index (χ4v) is 3.40. The van der Waals surface area contributed by atoms with Gasteiger partial charge in [0.25, 0.3) is 0 Å². The largest absolute Gasteiger partial charge is 0.478 e. The Balaban J connectivity index is 1.96. The maximum atomic E-state index is 11.3. The second-order valence-electron chi connectivity index (χ2n) is 7.33. The normalized spacial score (nSPS) is 15.7. The van der Waals surface area contributed by atoms with E-state index in [0.717, 1.165) is 5.56 Å². The molecule has 1 aliphatic rings. The van der Waals surface area contributed by atoms with Gasteiger partial charge in [-0.3, -0.25) is 4.99 Å². The van der Waals surface area contributed by atoms with Gasteiger partial charge in [0.2, 0.25) is 0 Å². The minimum atomic E-state index is -0.931. The molecule has 0 unspecified atom stereocenters. The molecule has 0 saturated heterocycles. The highest BCUT2D eigenvalue weighted by Gasteiger charge is 2.28. The number of rotatable bonds is 3. The number of aliphatic imine (C=N–C) groups is 1. The molecule has 0 spiro atoms. The minimum Gasteiger partial charge on any atom is -0.478 e. The van der Waals surface area contributed by atoms with Gasteiger partial charge in [-0.2, -0.15) is 0 Å². The quantitative estimate of drug-likeness (QED) is 0.787. The number of anilines is 1. The fourth-order valence-electron chi connectivity index (χ4n) is 3.40. The molecular weight excluding hydrogens is 324 g/mol. The third-order valence-corrected chi connectivity index (χ3v) is 5.13. The van der Waals surface area contributed by atoms with Crippen LogP contribution in [0.25, 0.3) is 5.57 Å². The lowest BCUT2D eigenvalue weighted by molar-refractivity contribution is 0.0696. The number of likely N-dealkylation sites (N-methyl/N-ethyl adjacent to an activating group) is 1. The Morgan fingerprint density at radius 2 is 1.92 bits per heavy atom. The van der Waals surface area contributed by atoms with Crippen molar-refractivity contribution in [1.82, 2.24) is 0 Å². The summed E-state index contributed by atoms with van der Waals surface area (Å²) in [6, 6.07) is 11.4. The highest BCUT2D eigenvalue weighted by Crippen LogP contribution is 2.38. The van der Waals surface area contributed by atoms with Crippen molar-refractivity contribution in [2.45, 2.75) is 33.2 Å². The van der Waals surface area contributed by atoms with Crippen molar-refractivity contribution in [3.63, 3.8) is 0 Å². The van der Waals surface area contributed by atoms with Crippen molar-refractivity contribution in [2.75, 3.05) is 11.9 Å². The molecule has 0 aliphatic carbocycles.